The highest BCUT2D eigenvalue weighted by molar-refractivity contribution is 5.96. The van der Waals surface area contributed by atoms with Gasteiger partial charge >= 0.3 is 0 Å². The van der Waals surface area contributed by atoms with E-state index in [0.717, 1.165) is 18.7 Å². The third kappa shape index (κ3) is 4.33. The third-order valence-electron chi connectivity index (χ3n) is 3.70. The predicted molar refractivity (Wildman–Crippen MR) is 89.8 cm³/mol. The molecule has 0 saturated heterocycles. The van der Waals surface area contributed by atoms with E-state index in [0.29, 0.717) is 6.04 Å². The molecule has 0 heterocycles. The van der Waals surface area contributed by atoms with Crippen molar-refractivity contribution in [1.82, 2.24) is 4.90 Å². The Morgan fingerprint density at radius 1 is 1.00 bits per heavy atom. The molecule has 0 aromatic heterocycles. The molecule has 2 aromatic rings. The molecule has 22 heavy (non-hydrogen) atoms. The molecule has 3 N–H and O–H groups in total. The van der Waals surface area contributed by atoms with E-state index >= 15 is 0 Å². The van der Waals surface area contributed by atoms with Gasteiger partial charge in [0.25, 0.3) is 0 Å². The maximum absolute atomic E-state index is 8.69. The van der Waals surface area contributed by atoms with Crippen LogP contribution in [0, 0.1) is 0 Å². The third-order valence-corrected chi connectivity index (χ3v) is 3.70. The quantitative estimate of drug-likeness (QED) is 0.372. The Morgan fingerprint density at radius 2 is 1.55 bits per heavy atom. The van der Waals surface area contributed by atoms with Gasteiger partial charge in [0.1, 0.15) is 0 Å². The van der Waals surface area contributed by atoms with Gasteiger partial charge < -0.3 is 10.9 Å². The fraction of sp³-hybridized carbons (Fsp3) is 0.278. The maximum Gasteiger partial charge on any atom is 0.170 e. The summed E-state index contributed by atoms with van der Waals surface area (Å²) in [7, 11) is 0. The second kappa shape index (κ2) is 7.61. The van der Waals surface area contributed by atoms with Gasteiger partial charge in [-0.05, 0) is 25.0 Å². The Balaban J connectivity index is 2.08. The van der Waals surface area contributed by atoms with E-state index in [-0.39, 0.29) is 5.84 Å². The minimum Gasteiger partial charge on any atom is -0.409 e. The van der Waals surface area contributed by atoms with Gasteiger partial charge in [-0.3, -0.25) is 4.90 Å². The molecule has 116 valence electrons. The lowest BCUT2D eigenvalue weighted by atomic mass is 10.1. The van der Waals surface area contributed by atoms with Crippen LogP contribution in [0.2, 0.25) is 0 Å². The molecular formula is C18H23N3O. The highest BCUT2D eigenvalue weighted by Gasteiger charge is 2.11. The van der Waals surface area contributed by atoms with Crippen molar-refractivity contribution in [2.45, 2.75) is 33.0 Å². The lowest BCUT2D eigenvalue weighted by Crippen LogP contribution is -2.29. The van der Waals surface area contributed by atoms with Gasteiger partial charge in [-0.25, -0.2) is 0 Å². The van der Waals surface area contributed by atoms with E-state index in [1.807, 2.05) is 30.3 Å². The molecule has 0 aliphatic carbocycles. The first-order valence-corrected chi connectivity index (χ1v) is 7.45. The smallest absolute Gasteiger partial charge is 0.170 e. The van der Waals surface area contributed by atoms with Gasteiger partial charge in [0, 0.05) is 24.7 Å². The van der Waals surface area contributed by atoms with Crippen molar-refractivity contribution in [2.75, 3.05) is 0 Å². The first kappa shape index (κ1) is 16.0. The highest BCUT2D eigenvalue weighted by Crippen LogP contribution is 2.14. The molecule has 0 aliphatic heterocycles. The molecule has 0 spiro atoms. The summed E-state index contributed by atoms with van der Waals surface area (Å²) in [5.74, 6) is 0.136. The summed E-state index contributed by atoms with van der Waals surface area (Å²) in [4.78, 5) is 2.41. The molecular weight excluding hydrogens is 274 g/mol. The fourth-order valence-electron chi connectivity index (χ4n) is 2.31. The maximum atomic E-state index is 8.69. The van der Waals surface area contributed by atoms with Crippen LogP contribution in [0.3, 0.4) is 0 Å². The van der Waals surface area contributed by atoms with Crippen LogP contribution in [0.25, 0.3) is 0 Å². The average molecular weight is 297 g/mol. The second-order valence-electron chi connectivity index (χ2n) is 5.67. The van der Waals surface area contributed by atoms with Gasteiger partial charge in [-0.1, -0.05) is 59.8 Å². The van der Waals surface area contributed by atoms with Crippen LogP contribution in [0.1, 0.15) is 30.5 Å². The molecule has 0 saturated carbocycles. The molecule has 0 aliphatic rings. The zero-order valence-electron chi connectivity index (χ0n) is 13.1. The van der Waals surface area contributed by atoms with E-state index in [1.165, 1.54) is 11.1 Å². The SMILES string of the molecule is CC(C)N(Cc1ccccc1)Cc1ccc(/C(N)=N/O)cc1. The molecule has 2 aromatic carbocycles. The van der Waals surface area contributed by atoms with Crippen molar-refractivity contribution in [3.63, 3.8) is 0 Å². The van der Waals surface area contributed by atoms with Crippen molar-refractivity contribution < 1.29 is 5.21 Å². The van der Waals surface area contributed by atoms with Crippen LogP contribution in [0.15, 0.2) is 59.8 Å². The van der Waals surface area contributed by atoms with E-state index < -0.39 is 0 Å². The Kier molecular flexibility index (Phi) is 5.55. The van der Waals surface area contributed by atoms with Crippen LogP contribution in [-0.4, -0.2) is 22.0 Å². The molecule has 0 bridgehead atoms. The number of nitrogens with two attached hydrogens (primary N) is 1. The number of amidine groups is 1. The highest BCUT2D eigenvalue weighted by atomic mass is 16.4. The Hall–Kier alpha value is -2.33. The monoisotopic (exact) mass is 297 g/mol. The molecule has 0 fully saturated rings. The number of hydrogen-bond acceptors (Lipinski definition) is 3. The van der Waals surface area contributed by atoms with Gasteiger partial charge in [-0.15, -0.1) is 0 Å². The number of hydrogen-bond donors (Lipinski definition) is 2. The Bertz CT molecular complexity index is 606. The summed E-state index contributed by atoms with van der Waals surface area (Å²) in [5.41, 5.74) is 8.83. The molecule has 4 heteroatoms. The number of oxime groups is 1. The fourth-order valence-corrected chi connectivity index (χ4v) is 2.31. The van der Waals surface area contributed by atoms with Crippen LogP contribution in [-0.2, 0) is 13.1 Å². The minimum atomic E-state index is 0.136. The zero-order valence-corrected chi connectivity index (χ0v) is 13.1. The minimum absolute atomic E-state index is 0.136. The summed E-state index contributed by atoms with van der Waals surface area (Å²) in [5, 5.41) is 11.7. The first-order valence-electron chi connectivity index (χ1n) is 7.45. The Labute approximate surface area is 131 Å². The van der Waals surface area contributed by atoms with Crippen molar-refractivity contribution in [3.05, 3.63) is 71.3 Å². The van der Waals surface area contributed by atoms with Gasteiger partial charge in [0.2, 0.25) is 0 Å². The number of nitrogens with zero attached hydrogens (tertiary/aromatic N) is 2. The summed E-state index contributed by atoms with van der Waals surface area (Å²) in [6, 6.07) is 18.7. The van der Waals surface area contributed by atoms with Gasteiger partial charge in [0.05, 0.1) is 0 Å². The van der Waals surface area contributed by atoms with Crippen molar-refractivity contribution in [3.8, 4) is 0 Å². The first-order chi connectivity index (χ1) is 10.6. The Morgan fingerprint density at radius 3 is 2.05 bits per heavy atom. The van der Waals surface area contributed by atoms with Crippen LogP contribution >= 0.6 is 0 Å². The number of benzene rings is 2. The normalized spacial score (nSPS) is 12.1. The second-order valence-corrected chi connectivity index (χ2v) is 5.67. The molecule has 0 radical (unpaired) electrons. The summed E-state index contributed by atoms with van der Waals surface area (Å²) >= 11 is 0. The summed E-state index contributed by atoms with van der Waals surface area (Å²) in [6.45, 7) is 6.19. The standard InChI is InChI=1S/C18H23N3O/c1-14(2)21(12-15-6-4-3-5-7-15)13-16-8-10-17(11-9-16)18(19)20-22/h3-11,14,22H,12-13H2,1-2H3,(H2,19,20). The lowest BCUT2D eigenvalue weighted by Gasteiger charge is -2.26. The topological polar surface area (TPSA) is 61.8 Å². The molecule has 0 unspecified atom stereocenters. The molecule has 4 nitrogen and oxygen atoms in total. The zero-order chi connectivity index (χ0) is 15.9. The lowest BCUT2D eigenvalue weighted by molar-refractivity contribution is 0.203. The molecule has 2 rings (SSSR count). The van der Waals surface area contributed by atoms with Crippen molar-refractivity contribution in [1.29, 1.82) is 0 Å². The molecule has 0 atom stereocenters. The largest absolute Gasteiger partial charge is 0.409 e. The average Bonchev–Trinajstić information content (AvgIpc) is 2.55. The molecule has 0 amide bonds. The van der Waals surface area contributed by atoms with Crippen LogP contribution in [0.4, 0.5) is 0 Å². The predicted octanol–water partition coefficient (Wildman–Crippen LogP) is 3.19. The summed E-state index contributed by atoms with van der Waals surface area (Å²) < 4.78 is 0. The van der Waals surface area contributed by atoms with Crippen LogP contribution < -0.4 is 5.73 Å². The van der Waals surface area contributed by atoms with E-state index in [9.17, 15) is 0 Å². The summed E-state index contributed by atoms with van der Waals surface area (Å²) in [6.07, 6.45) is 0. The van der Waals surface area contributed by atoms with E-state index in [4.69, 9.17) is 10.9 Å². The van der Waals surface area contributed by atoms with Crippen LogP contribution in [0.5, 0.6) is 0 Å². The number of rotatable bonds is 6. The van der Waals surface area contributed by atoms with E-state index in [2.05, 4.69) is 48.2 Å². The van der Waals surface area contributed by atoms with Crippen molar-refractivity contribution in [2.24, 2.45) is 10.9 Å². The van der Waals surface area contributed by atoms with Gasteiger partial charge in [0.15, 0.2) is 5.84 Å². The van der Waals surface area contributed by atoms with E-state index in [1.54, 1.807) is 0 Å². The van der Waals surface area contributed by atoms with Gasteiger partial charge in [-0.2, -0.15) is 0 Å². The van der Waals surface area contributed by atoms with Crippen molar-refractivity contribution >= 4 is 5.84 Å².